The van der Waals surface area contributed by atoms with E-state index in [9.17, 15) is 8.42 Å². The third-order valence-electron chi connectivity index (χ3n) is 7.62. The van der Waals surface area contributed by atoms with Gasteiger partial charge in [-0.05, 0) is 58.9 Å². The van der Waals surface area contributed by atoms with Crippen LogP contribution >= 0.6 is 0 Å². The Kier molecular flexibility index (Phi) is 9.28. The molecule has 0 radical (unpaired) electrons. The number of rotatable bonds is 14. The first-order chi connectivity index (χ1) is 16.6. The van der Waals surface area contributed by atoms with Crippen LogP contribution in [0.1, 0.15) is 61.3 Å². The Morgan fingerprint density at radius 3 is 2.31 bits per heavy atom. The van der Waals surface area contributed by atoms with E-state index in [4.69, 9.17) is 9.16 Å². The number of hydrogen-bond acceptors (Lipinski definition) is 7. The van der Waals surface area contributed by atoms with Crippen LogP contribution in [0.2, 0.25) is 17.6 Å². The van der Waals surface area contributed by atoms with Gasteiger partial charge in [-0.15, -0.1) is 0 Å². The molecule has 1 aromatic heterocycles. The van der Waals surface area contributed by atoms with Crippen molar-refractivity contribution in [2.75, 3.05) is 5.75 Å². The molecule has 0 bridgehead atoms. The highest BCUT2D eigenvalue weighted by molar-refractivity contribution is 7.91. The standard InChI is InChI=1S/C25H42N4O4SSi/c1-8-22(33-35(9-2,10-3)18(4)5)20(7)24-23(32-24)16-19(6)17-34(30,31)25-26-27-28-29(25)21-14-12-11-13-15-21/h11-15,18-20,22-24H,8-10,16-17H2,1-7H3/t19-,20+,22-,23+,24+/m0/s1. The van der Waals surface area contributed by atoms with Gasteiger partial charge in [0.05, 0.1) is 23.6 Å². The summed E-state index contributed by atoms with van der Waals surface area (Å²) in [5.41, 5.74) is 1.20. The van der Waals surface area contributed by atoms with Gasteiger partial charge in [0.15, 0.2) is 8.32 Å². The molecule has 0 N–H and O–H groups in total. The third-order valence-corrected chi connectivity index (χ3v) is 14.7. The summed E-state index contributed by atoms with van der Waals surface area (Å²) in [5, 5.41) is 11.2. The molecule has 196 valence electrons. The Hall–Kier alpha value is -1.62. The van der Waals surface area contributed by atoms with Crippen molar-refractivity contribution in [1.29, 1.82) is 0 Å². The first-order valence-electron chi connectivity index (χ1n) is 13.0. The van der Waals surface area contributed by atoms with Crippen LogP contribution in [0.5, 0.6) is 0 Å². The predicted molar refractivity (Wildman–Crippen MR) is 140 cm³/mol. The third kappa shape index (κ3) is 6.39. The van der Waals surface area contributed by atoms with Crippen LogP contribution in [0.3, 0.4) is 0 Å². The summed E-state index contributed by atoms with van der Waals surface area (Å²) in [6, 6.07) is 11.3. The van der Waals surface area contributed by atoms with E-state index in [2.05, 4.69) is 57.1 Å². The molecular weight excluding hydrogens is 480 g/mol. The van der Waals surface area contributed by atoms with Gasteiger partial charge in [-0.25, -0.2) is 8.42 Å². The molecule has 0 spiro atoms. The fourth-order valence-electron chi connectivity index (χ4n) is 5.27. The van der Waals surface area contributed by atoms with Crippen LogP contribution in [0.15, 0.2) is 35.5 Å². The lowest BCUT2D eigenvalue weighted by Gasteiger charge is -2.39. The van der Waals surface area contributed by atoms with E-state index >= 15 is 0 Å². The van der Waals surface area contributed by atoms with Crippen molar-refractivity contribution in [3.8, 4) is 5.69 Å². The summed E-state index contributed by atoms with van der Waals surface area (Å²) in [6.07, 6.45) is 2.00. The topological polar surface area (TPSA) is 99.5 Å². The monoisotopic (exact) mass is 522 g/mol. The maximum absolute atomic E-state index is 13.1. The second-order valence-electron chi connectivity index (χ2n) is 10.3. The number of ether oxygens (including phenoxy) is 1. The highest BCUT2D eigenvalue weighted by Gasteiger charge is 2.48. The molecule has 1 aromatic carbocycles. The number of benzene rings is 1. The molecule has 8 nitrogen and oxygen atoms in total. The Morgan fingerprint density at radius 1 is 1.09 bits per heavy atom. The molecular formula is C25H42N4O4SSi. The van der Waals surface area contributed by atoms with E-state index in [0.717, 1.165) is 18.5 Å². The van der Waals surface area contributed by atoms with Gasteiger partial charge in [0.25, 0.3) is 5.16 Å². The average Bonchev–Trinajstić information content (AvgIpc) is 3.39. The molecule has 5 atom stereocenters. The molecule has 2 heterocycles. The van der Waals surface area contributed by atoms with E-state index in [1.165, 1.54) is 4.68 Å². The number of hydrogen-bond donors (Lipinski definition) is 0. The average molecular weight is 523 g/mol. The molecule has 1 fully saturated rings. The minimum atomic E-state index is -3.66. The summed E-state index contributed by atoms with van der Waals surface area (Å²) in [7, 11) is -5.45. The Labute approximate surface area is 211 Å². The molecule has 1 aliphatic rings. The zero-order chi connectivity index (χ0) is 25.8. The SMILES string of the molecule is CC[C@H](O[Si](CC)(CC)C(C)C)[C@@H](C)[C@H]1O[C@@H]1C[C@H](C)CS(=O)(=O)c1nnnn1-c1ccccc1. The van der Waals surface area contributed by atoms with Gasteiger partial charge >= 0.3 is 0 Å². The highest BCUT2D eigenvalue weighted by Crippen LogP contribution is 2.40. The van der Waals surface area contributed by atoms with Gasteiger partial charge < -0.3 is 9.16 Å². The zero-order valence-corrected chi connectivity index (χ0v) is 24.0. The van der Waals surface area contributed by atoms with Crippen molar-refractivity contribution in [3.05, 3.63) is 30.3 Å². The van der Waals surface area contributed by atoms with E-state index in [1.807, 2.05) is 25.1 Å². The number of aromatic nitrogens is 4. The molecule has 0 unspecified atom stereocenters. The van der Waals surface area contributed by atoms with Crippen LogP contribution < -0.4 is 0 Å². The quantitative estimate of drug-likeness (QED) is 0.253. The summed E-state index contributed by atoms with van der Waals surface area (Å²) >= 11 is 0. The van der Waals surface area contributed by atoms with Gasteiger partial charge in [0, 0.05) is 12.0 Å². The van der Waals surface area contributed by atoms with E-state index < -0.39 is 18.2 Å². The summed E-state index contributed by atoms with van der Waals surface area (Å²) in [6.45, 7) is 15.5. The summed E-state index contributed by atoms with van der Waals surface area (Å²) in [5.74, 6) is 0.173. The van der Waals surface area contributed by atoms with Gasteiger partial charge in [0.1, 0.15) is 0 Å². The lowest BCUT2D eigenvalue weighted by atomic mass is 9.94. The van der Waals surface area contributed by atoms with Crippen LogP contribution in [0.25, 0.3) is 5.69 Å². The zero-order valence-electron chi connectivity index (χ0n) is 22.2. The second-order valence-corrected chi connectivity index (χ2v) is 17.2. The summed E-state index contributed by atoms with van der Waals surface area (Å²) in [4.78, 5) is 0. The summed E-state index contributed by atoms with van der Waals surface area (Å²) < 4.78 is 40.5. The van der Waals surface area contributed by atoms with E-state index in [-0.39, 0.29) is 41.1 Å². The van der Waals surface area contributed by atoms with Gasteiger partial charge in [0.2, 0.25) is 9.84 Å². The number of para-hydroxylation sites is 1. The van der Waals surface area contributed by atoms with Gasteiger partial charge in [-0.3, -0.25) is 0 Å². The molecule has 10 heteroatoms. The van der Waals surface area contributed by atoms with Crippen LogP contribution in [0.4, 0.5) is 0 Å². The van der Waals surface area contributed by atoms with Gasteiger partial charge in [-0.2, -0.15) is 4.68 Å². The normalized spacial score (nSPS) is 21.1. The Bertz CT molecular complexity index is 1040. The van der Waals surface area contributed by atoms with Crippen LogP contribution in [-0.4, -0.2) is 61.0 Å². The number of tetrazole rings is 1. The number of epoxide rings is 1. The molecule has 0 saturated carbocycles. The van der Waals surface area contributed by atoms with Gasteiger partial charge in [-0.1, -0.05) is 71.8 Å². The fourth-order valence-corrected chi connectivity index (χ4v) is 10.6. The van der Waals surface area contributed by atoms with Crippen molar-refractivity contribution in [3.63, 3.8) is 0 Å². The molecule has 1 aliphatic heterocycles. The minimum absolute atomic E-state index is 0.0239. The highest BCUT2D eigenvalue weighted by atomic mass is 32.2. The molecule has 35 heavy (non-hydrogen) atoms. The van der Waals surface area contributed by atoms with Crippen LogP contribution in [-0.2, 0) is 19.0 Å². The minimum Gasteiger partial charge on any atom is -0.413 e. The maximum Gasteiger partial charge on any atom is 0.272 e. The molecule has 2 aromatic rings. The molecule has 3 rings (SSSR count). The smallest absolute Gasteiger partial charge is 0.272 e. The number of sulfone groups is 1. The van der Waals surface area contributed by atoms with Crippen molar-refractivity contribution in [1.82, 2.24) is 20.2 Å². The lowest BCUT2D eigenvalue weighted by Crippen LogP contribution is -2.45. The first kappa shape index (κ1) is 28.0. The first-order valence-corrected chi connectivity index (χ1v) is 17.0. The molecule has 0 amide bonds. The predicted octanol–water partition coefficient (Wildman–Crippen LogP) is 5.06. The Balaban J connectivity index is 1.60. The van der Waals surface area contributed by atoms with Crippen molar-refractivity contribution >= 4 is 18.2 Å². The molecule has 0 aliphatic carbocycles. The maximum atomic E-state index is 13.1. The second kappa shape index (κ2) is 11.6. The van der Waals surface area contributed by atoms with Crippen LogP contribution in [0, 0.1) is 11.8 Å². The Morgan fingerprint density at radius 2 is 1.74 bits per heavy atom. The van der Waals surface area contributed by atoms with Crippen molar-refractivity contribution < 1.29 is 17.6 Å². The van der Waals surface area contributed by atoms with E-state index in [1.54, 1.807) is 12.1 Å². The van der Waals surface area contributed by atoms with Crippen molar-refractivity contribution in [2.45, 2.75) is 102 Å². The van der Waals surface area contributed by atoms with E-state index in [0.29, 0.717) is 17.6 Å². The molecule has 1 saturated heterocycles. The lowest BCUT2D eigenvalue weighted by molar-refractivity contribution is 0.104. The number of nitrogens with zero attached hydrogens (tertiary/aromatic N) is 4. The largest absolute Gasteiger partial charge is 0.413 e. The fraction of sp³-hybridized carbons (Fsp3) is 0.720. The van der Waals surface area contributed by atoms with Crippen molar-refractivity contribution in [2.24, 2.45) is 11.8 Å².